The van der Waals surface area contributed by atoms with E-state index in [1.54, 1.807) is 0 Å². The molecule has 15 heavy (non-hydrogen) atoms. The number of benzene rings is 1. The maximum Gasteiger partial charge on any atom is 0.266 e. The second-order valence-electron chi connectivity index (χ2n) is 4.22. The lowest BCUT2D eigenvalue weighted by molar-refractivity contribution is -0.119. The molecule has 0 N–H and O–H groups in total. The maximum atomic E-state index is 11.3. The molecule has 0 aromatic heterocycles. The van der Waals surface area contributed by atoms with Crippen LogP contribution in [0.15, 0.2) is 40.2 Å². The molecule has 3 heteroatoms. The lowest BCUT2D eigenvalue weighted by Crippen LogP contribution is -2.27. The third kappa shape index (κ3) is 1.03. The van der Waals surface area contributed by atoms with E-state index in [0.29, 0.717) is 6.42 Å². The van der Waals surface area contributed by atoms with Crippen LogP contribution in [0, 0.1) is 0 Å². The minimum atomic E-state index is -0.255. The highest BCUT2D eigenvalue weighted by molar-refractivity contribution is 5.83. The molecule has 1 unspecified atom stereocenters. The van der Waals surface area contributed by atoms with Crippen molar-refractivity contribution in [1.29, 1.82) is 0 Å². The standard InChI is InChI=1S/C12H10N2O/c1-12-7-11(15)14-13-10(12)6-8-4-2-3-5-9(8)12/h2-6H,7H2,1H3. The van der Waals surface area contributed by atoms with Crippen LogP contribution in [-0.4, -0.2) is 5.91 Å². The fourth-order valence-corrected chi connectivity index (χ4v) is 2.34. The Kier molecular flexibility index (Phi) is 1.49. The third-order valence-corrected chi connectivity index (χ3v) is 3.19. The Morgan fingerprint density at radius 3 is 2.93 bits per heavy atom. The Bertz CT molecular complexity index is 516. The zero-order valence-corrected chi connectivity index (χ0v) is 8.40. The van der Waals surface area contributed by atoms with Crippen LogP contribution in [0.3, 0.4) is 0 Å². The molecule has 1 atom stereocenters. The summed E-state index contributed by atoms with van der Waals surface area (Å²) in [5.74, 6) is -0.133. The monoisotopic (exact) mass is 198 g/mol. The second-order valence-corrected chi connectivity index (χ2v) is 4.22. The largest absolute Gasteiger partial charge is 0.271 e. The number of hydrogen-bond donors (Lipinski definition) is 0. The molecule has 1 aromatic rings. The lowest BCUT2D eigenvalue weighted by Gasteiger charge is -2.27. The van der Waals surface area contributed by atoms with Crippen LogP contribution in [0.5, 0.6) is 0 Å². The Hall–Kier alpha value is -1.77. The SMILES string of the molecule is CC12CC(=O)N=NC1=Cc1ccccc12. The Morgan fingerprint density at radius 2 is 2.07 bits per heavy atom. The molecule has 1 aliphatic carbocycles. The smallest absolute Gasteiger partial charge is 0.266 e. The normalized spacial score (nSPS) is 27.3. The number of fused-ring (bicyclic) bond motifs is 3. The van der Waals surface area contributed by atoms with E-state index in [9.17, 15) is 4.79 Å². The number of rotatable bonds is 0. The molecule has 3 rings (SSSR count). The van der Waals surface area contributed by atoms with Crippen molar-refractivity contribution in [2.24, 2.45) is 10.2 Å². The molecule has 0 fully saturated rings. The number of amides is 1. The summed E-state index contributed by atoms with van der Waals surface area (Å²) < 4.78 is 0. The summed E-state index contributed by atoms with van der Waals surface area (Å²) in [5, 5.41) is 7.61. The zero-order valence-electron chi connectivity index (χ0n) is 8.40. The van der Waals surface area contributed by atoms with Gasteiger partial charge in [-0.2, -0.15) is 5.11 Å². The Labute approximate surface area is 87.5 Å². The van der Waals surface area contributed by atoms with Crippen LogP contribution in [-0.2, 0) is 10.2 Å². The van der Waals surface area contributed by atoms with Crippen molar-refractivity contribution in [3.05, 3.63) is 41.1 Å². The number of azo groups is 1. The van der Waals surface area contributed by atoms with Gasteiger partial charge in [-0.15, -0.1) is 5.11 Å². The molecule has 0 saturated heterocycles. The van der Waals surface area contributed by atoms with Gasteiger partial charge >= 0.3 is 0 Å². The number of hydrogen-bond acceptors (Lipinski definition) is 2. The van der Waals surface area contributed by atoms with Crippen molar-refractivity contribution >= 4 is 12.0 Å². The van der Waals surface area contributed by atoms with Gasteiger partial charge in [-0.05, 0) is 24.1 Å². The summed E-state index contributed by atoms with van der Waals surface area (Å²) in [6.45, 7) is 2.06. The Balaban J connectivity index is 2.24. The van der Waals surface area contributed by atoms with E-state index in [-0.39, 0.29) is 11.3 Å². The third-order valence-electron chi connectivity index (χ3n) is 3.19. The van der Waals surface area contributed by atoms with Crippen molar-refractivity contribution in [3.63, 3.8) is 0 Å². The summed E-state index contributed by atoms with van der Waals surface area (Å²) in [5.41, 5.74) is 2.99. The van der Waals surface area contributed by atoms with Crippen LogP contribution < -0.4 is 0 Å². The predicted octanol–water partition coefficient (Wildman–Crippen LogP) is 2.68. The van der Waals surface area contributed by atoms with E-state index in [1.165, 1.54) is 5.56 Å². The molecular weight excluding hydrogens is 188 g/mol. The fourth-order valence-electron chi connectivity index (χ4n) is 2.34. The van der Waals surface area contributed by atoms with E-state index in [0.717, 1.165) is 11.3 Å². The van der Waals surface area contributed by atoms with Crippen molar-refractivity contribution in [1.82, 2.24) is 0 Å². The van der Waals surface area contributed by atoms with Gasteiger partial charge in [0.05, 0.1) is 5.70 Å². The van der Waals surface area contributed by atoms with Gasteiger partial charge < -0.3 is 0 Å². The van der Waals surface area contributed by atoms with Crippen LogP contribution >= 0.6 is 0 Å². The quantitative estimate of drug-likeness (QED) is 0.631. The molecule has 0 spiro atoms. The van der Waals surface area contributed by atoms with E-state index in [4.69, 9.17) is 0 Å². The van der Waals surface area contributed by atoms with Crippen LogP contribution in [0.1, 0.15) is 24.5 Å². The van der Waals surface area contributed by atoms with Gasteiger partial charge in [0.15, 0.2) is 0 Å². The average molecular weight is 198 g/mol. The van der Waals surface area contributed by atoms with Gasteiger partial charge in [-0.25, -0.2) is 0 Å². The van der Waals surface area contributed by atoms with Crippen LogP contribution in [0.4, 0.5) is 0 Å². The van der Waals surface area contributed by atoms with Gasteiger partial charge in [-0.3, -0.25) is 4.79 Å². The summed E-state index contributed by atoms with van der Waals surface area (Å²) >= 11 is 0. The maximum absolute atomic E-state index is 11.3. The minimum Gasteiger partial charge on any atom is -0.271 e. The number of allylic oxidation sites excluding steroid dienone is 1. The van der Waals surface area contributed by atoms with E-state index in [1.807, 2.05) is 24.3 Å². The van der Waals surface area contributed by atoms with Crippen molar-refractivity contribution in [2.75, 3.05) is 0 Å². The fraction of sp³-hybridized carbons (Fsp3) is 0.250. The first-order valence-corrected chi connectivity index (χ1v) is 4.96. The number of nitrogens with zero attached hydrogens (tertiary/aromatic N) is 2. The first kappa shape index (κ1) is 8.53. The lowest BCUT2D eigenvalue weighted by atomic mass is 9.79. The van der Waals surface area contributed by atoms with Crippen molar-refractivity contribution in [2.45, 2.75) is 18.8 Å². The molecule has 1 aliphatic heterocycles. The first-order chi connectivity index (χ1) is 7.20. The molecule has 0 radical (unpaired) electrons. The number of carbonyl (C=O) groups excluding carboxylic acids is 1. The average Bonchev–Trinajstić information content (AvgIpc) is 2.51. The second kappa shape index (κ2) is 2.63. The van der Waals surface area contributed by atoms with Gasteiger partial charge in [0, 0.05) is 11.8 Å². The van der Waals surface area contributed by atoms with Crippen LogP contribution in [0.2, 0.25) is 0 Å². The molecule has 0 saturated carbocycles. The molecule has 1 amide bonds. The number of carbonyl (C=O) groups is 1. The van der Waals surface area contributed by atoms with Crippen LogP contribution in [0.25, 0.3) is 6.08 Å². The highest BCUT2D eigenvalue weighted by Crippen LogP contribution is 2.46. The summed E-state index contributed by atoms with van der Waals surface area (Å²) in [4.78, 5) is 11.3. The summed E-state index contributed by atoms with van der Waals surface area (Å²) in [6, 6.07) is 8.10. The first-order valence-electron chi connectivity index (χ1n) is 4.96. The van der Waals surface area contributed by atoms with Gasteiger partial charge in [0.2, 0.25) is 0 Å². The molecule has 1 heterocycles. The Morgan fingerprint density at radius 1 is 1.27 bits per heavy atom. The van der Waals surface area contributed by atoms with Crippen molar-refractivity contribution in [3.8, 4) is 0 Å². The van der Waals surface area contributed by atoms with E-state index in [2.05, 4.69) is 23.2 Å². The highest BCUT2D eigenvalue weighted by Gasteiger charge is 2.41. The molecule has 0 bridgehead atoms. The molecule has 3 nitrogen and oxygen atoms in total. The molecule has 2 aliphatic rings. The predicted molar refractivity (Wildman–Crippen MR) is 56.3 cm³/mol. The van der Waals surface area contributed by atoms with Gasteiger partial charge in [0.1, 0.15) is 0 Å². The van der Waals surface area contributed by atoms with E-state index >= 15 is 0 Å². The molecular formula is C12H10N2O. The van der Waals surface area contributed by atoms with Gasteiger partial charge in [0.25, 0.3) is 5.91 Å². The minimum absolute atomic E-state index is 0.133. The summed E-state index contributed by atoms with van der Waals surface area (Å²) in [6.07, 6.45) is 2.45. The molecule has 74 valence electrons. The van der Waals surface area contributed by atoms with Crippen molar-refractivity contribution < 1.29 is 4.79 Å². The molecule has 1 aromatic carbocycles. The van der Waals surface area contributed by atoms with Gasteiger partial charge in [-0.1, -0.05) is 24.3 Å². The summed E-state index contributed by atoms with van der Waals surface area (Å²) in [7, 11) is 0. The topological polar surface area (TPSA) is 41.8 Å². The van der Waals surface area contributed by atoms with E-state index < -0.39 is 0 Å². The zero-order chi connectivity index (χ0) is 10.5. The highest BCUT2D eigenvalue weighted by atomic mass is 16.1.